The molecule has 0 saturated heterocycles. The van der Waals surface area contributed by atoms with Crippen molar-refractivity contribution in [2.45, 2.75) is 0 Å². The maximum Gasteiger partial charge on any atom is 0.128 e. The summed E-state index contributed by atoms with van der Waals surface area (Å²) < 4.78 is 10.4. The molecule has 0 aromatic heterocycles. The standard InChI is InChI=1S/C12H16N2O2/c1-15-8-9-16-11-4-2-10(3-5-11)12-13-6-7-14-12/h2-5H,6-9H2,1H3,(H,13,14). The summed E-state index contributed by atoms with van der Waals surface area (Å²) in [5.41, 5.74) is 1.11. The van der Waals surface area contributed by atoms with Gasteiger partial charge in [-0.05, 0) is 24.3 Å². The lowest BCUT2D eigenvalue weighted by Crippen LogP contribution is -2.19. The minimum atomic E-state index is 0.578. The molecule has 0 amide bonds. The van der Waals surface area contributed by atoms with Gasteiger partial charge in [0.25, 0.3) is 0 Å². The maximum atomic E-state index is 5.48. The van der Waals surface area contributed by atoms with Gasteiger partial charge in [0.2, 0.25) is 0 Å². The van der Waals surface area contributed by atoms with Crippen LogP contribution in [0, 0.1) is 0 Å². The molecule has 0 atom stereocenters. The lowest BCUT2D eigenvalue weighted by Gasteiger charge is -2.06. The van der Waals surface area contributed by atoms with Crippen molar-refractivity contribution < 1.29 is 9.47 Å². The number of amidine groups is 1. The van der Waals surface area contributed by atoms with Crippen molar-refractivity contribution in [2.24, 2.45) is 4.99 Å². The van der Waals surface area contributed by atoms with Crippen LogP contribution in [0.4, 0.5) is 0 Å². The molecule has 0 spiro atoms. The van der Waals surface area contributed by atoms with Crippen LogP contribution in [0.1, 0.15) is 5.56 Å². The van der Waals surface area contributed by atoms with Crippen LogP contribution in [-0.2, 0) is 4.74 Å². The van der Waals surface area contributed by atoms with Gasteiger partial charge in [0, 0.05) is 19.2 Å². The van der Waals surface area contributed by atoms with Crippen molar-refractivity contribution >= 4 is 5.84 Å². The van der Waals surface area contributed by atoms with E-state index < -0.39 is 0 Å². The normalized spacial score (nSPS) is 14.4. The second-order valence-corrected chi connectivity index (χ2v) is 3.52. The summed E-state index contributed by atoms with van der Waals surface area (Å²) in [5.74, 6) is 1.84. The molecule has 0 aliphatic carbocycles. The third-order valence-corrected chi connectivity index (χ3v) is 2.36. The molecule has 0 bridgehead atoms. The lowest BCUT2D eigenvalue weighted by molar-refractivity contribution is 0.146. The van der Waals surface area contributed by atoms with Gasteiger partial charge in [-0.3, -0.25) is 4.99 Å². The summed E-state index contributed by atoms with van der Waals surface area (Å²) in [5, 5.41) is 3.23. The van der Waals surface area contributed by atoms with Gasteiger partial charge in [-0.25, -0.2) is 0 Å². The van der Waals surface area contributed by atoms with Gasteiger partial charge in [-0.1, -0.05) is 0 Å². The van der Waals surface area contributed by atoms with Crippen molar-refractivity contribution in [1.29, 1.82) is 0 Å². The van der Waals surface area contributed by atoms with Crippen LogP contribution < -0.4 is 10.1 Å². The number of hydrogen-bond donors (Lipinski definition) is 1. The van der Waals surface area contributed by atoms with Gasteiger partial charge < -0.3 is 14.8 Å². The predicted octanol–water partition coefficient (Wildman–Crippen LogP) is 1.06. The Balaban J connectivity index is 1.93. The highest BCUT2D eigenvalue weighted by Gasteiger charge is 2.07. The zero-order valence-electron chi connectivity index (χ0n) is 9.40. The van der Waals surface area contributed by atoms with E-state index in [1.165, 1.54) is 0 Å². The molecular formula is C12H16N2O2. The average Bonchev–Trinajstić information content (AvgIpc) is 2.84. The van der Waals surface area contributed by atoms with E-state index in [1.54, 1.807) is 7.11 Å². The van der Waals surface area contributed by atoms with E-state index in [1.807, 2.05) is 24.3 Å². The zero-order chi connectivity index (χ0) is 11.2. The van der Waals surface area contributed by atoms with Gasteiger partial charge >= 0.3 is 0 Å². The van der Waals surface area contributed by atoms with E-state index >= 15 is 0 Å². The number of rotatable bonds is 5. The first-order valence-electron chi connectivity index (χ1n) is 5.40. The van der Waals surface area contributed by atoms with Crippen LogP contribution >= 0.6 is 0 Å². The molecule has 1 aliphatic rings. The Labute approximate surface area is 95.3 Å². The maximum absolute atomic E-state index is 5.48. The summed E-state index contributed by atoms with van der Waals surface area (Å²) in [6.07, 6.45) is 0. The highest BCUT2D eigenvalue weighted by atomic mass is 16.5. The number of nitrogens with zero attached hydrogens (tertiary/aromatic N) is 1. The number of hydrogen-bond acceptors (Lipinski definition) is 4. The highest BCUT2D eigenvalue weighted by molar-refractivity contribution is 5.99. The van der Waals surface area contributed by atoms with Crippen LogP contribution in [0.2, 0.25) is 0 Å². The van der Waals surface area contributed by atoms with Crippen molar-refractivity contribution in [2.75, 3.05) is 33.4 Å². The van der Waals surface area contributed by atoms with Crippen LogP contribution in [0.15, 0.2) is 29.3 Å². The topological polar surface area (TPSA) is 42.9 Å². The first-order chi connectivity index (χ1) is 7.90. The van der Waals surface area contributed by atoms with E-state index in [0.717, 1.165) is 30.2 Å². The van der Waals surface area contributed by atoms with Crippen LogP contribution in [0.25, 0.3) is 0 Å². The summed E-state index contributed by atoms with van der Waals surface area (Å²) in [6, 6.07) is 7.93. The molecule has 86 valence electrons. The smallest absolute Gasteiger partial charge is 0.128 e. The Morgan fingerprint density at radius 3 is 2.69 bits per heavy atom. The van der Waals surface area contributed by atoms with Gasteiger partial charge in [0.15, 0.2) is 0 Å². The average molecular weight is 220 g/mol. The fourth-order valence-electron chi connectivity index (χ4n) is 1.54. The van der Waals surface area contributed by atoms with Crippen molar-refractivity contribution in [3.8, 4) is 5.75 Å². The number of aliphatic imine (C=N–C) groups is 1. The minimum absolute atomic E-state index is 0.578. The third-order valence-electron chi connectivity index (χ3n) is 2.36. The van der Waals surface area contributed by atoms with Crippen LogP contribution in [-0.4, -0.2) is 39.2 Å². The fourth-order valence-corrected chi connectivity index (χ4v) is 1.54. The largest absolute Gasteiger partial charge is 0.491 e. The molecule has 1 heterocycles. The number of nitrogens with one attached hydrogen (secondary N) is 1. The van der Waals surface area contributed by atoms with Crippen molar-refractivity contribution in [1.82, 2.24) is 5.32 Å². The lowest BCUT2D eigenvalue weighted by atomic mass is 10.2. The molecule has 0 fully saturated rings. The molecule has 1 aliphatic heterocycles. The van der Waals surface area contributed by atoms with E-state index in [0.29, 0.717) is 13.2 Å². The Bertz CT molecular complexity index is 360. The summed E-state index contributed by atoms with van der Waals surface area (Å²) >= 11 is 0. The molecular weight excluding hydrogens is 204 g/mol. The molecule has 1 N–H and O–H groups in total. The van der Waals surface area contributed by atoms with Gasteiger partial charge in [0.05, 0.1) is 13.2 Å². The molecule has 0 radical (unpaired) electrons. The zero-order valence-corrected chi connectivity index (χ0v) is 9.40. The second-order valence-electron chi connectivity index (χ2n) is 3.52. The first-order valence-corrected chi connectivity index (χ1v) is 5.40. The molecule has 0 saturated carbocycles. The SMILES string of the molecule is COCCOc1ccc(C2=NCCN2)cc1. The predicted molar refractivity (Wildman–Crippen MR) is 63.2 cm³/mol. The van der Waals surface area contributed by atoms with Gasteiger partial charge in [0.1, 0.15) is 18.2 Å². The fraction of sp³-hybridized carbons (Fsp3) is 0.417. The number of ether oxygens (including phenoxy) is 2. The van der Waals surface area contributed by atoms with Crippen molar-refractivity contribution in [3.05, 3.63) is 29.8 Å². The van der Waals surface area contributed by atoms with Gasteiger partial charge in [-0.2, -0.15) is 0 Å². The highest BCUT2D eigenvalue weighted by Crippen LogP contribution is 2.13. The molecule has 16 heavy (non-hydrogen) atoms. The van der Waals surface area contributed by atoms with E-state index in [4.69, 9.17) is 9.47 Å². The summed E-state index contributed by atoms with van der Waals surface area (Å²) in [4.78, 5) is 4.36. The summed E-state index contributed by atoms with van der Waals surface area (Å²) in [6.45, 7) is 2.98. The monoisotopic (exact) mass is 220 g/mol. The van der Waals surface area contributed by atoms with E-state index in [2.05, 4.69) is 10.3 Å². The molecule has 4 nitrogen and oxygen atoms in total. The minimum Gasteiger partial charge on any atom is -0.491 e. The Morgan fingerprint density at radius 1 is 1.25 bits per heavy atom. The van der Waals surface area contributed by atoms with Gasteiger partial charge in [-0.15, -0.1) is 0 Å². The van der Waals surface area contributed by atoms with E-state index in [9.17, 15) is 0 Å². The molecule has 1 aromatic carbocycles. The molecule has 0 unspecified atom stereocenters. The number of benzene rings is 1. The molecule has 2 rings (SSSR count). The van der Waals surface area contributed by atoms with E-state index in [-0.39, 0.29) is 0 Å². The van der Waals surface area contributed by atoms with Crippen LogP contribution in [0.5, 0.6) is 5.75 Å². The summed E-state index contributed by atoms with van der Waals surface area (Å²) in [7, 11) is 1.66. The second kappa shape index (κ2) is 5.51. The quantitative estimate of drug-likeness (QED) is 0.755. The van der Waals surface area contributed by atoms with Crippen molar-refractivity contribution in [3.63, 3.8) is 0 Å². The third kappa shape index (κ3) is 2.73. The Hall–Kier alpha value is -1.55. The Morgan fingerprint density at radius 2 is 2.06 bits per heavy atom. The Kier molecular flexibility index (Phi) is 3.77. The number of methoxy groups -OCH3 is 1. The molecule has 1 aromatic rings. The first kappa shape index (κ1) is 11.0. The molecule has 4 heteroatoms. The van der Waals surface area contributed by atoms with Crippen LogP contribution in [0.3, 0.4) is 0 Å².